The highest BCUT2D eigenvalue weighted by Gasteiger charge is 2.17. The Kier molecular flexibility index (Phi) is 5.01. The van der Waals surface area contributed by atoms with Crippen LogP contribution < -0.4 is 4.74 Å². The van der Waals surface area contributed by atoms with E-state index in [4.69, 9.17) is 11.6 Å². The van der Waals surface area contributed by atoms with Crippen LogP contribution in [0.25, 0.3) is 17.0 Å². The van der Waals surface area contributed by atoms with Crippen LogP contribution in [0.5, 0.6) is 5.75 Å². The molecule has 0 aliphatic carbocycles. The van der Waals surface area contributed by atoms with Gasteiger partial charge in [0.2, 0.25) is 5.78 Å². The molecule has 26 heavy (non-hydrogen) atoms. The molecule has 2 aromatic carbocycles. The van der Waals surface area contributed by atoms with Gasteiger partial charge < -0.3 is 9.72 Å². The average Bonchev–Trinajstić information content (AvgIpc) is 3.03. The monoisotopic (exact) mass is 372 g/mol. The minimum atomic E-state index is -2.91. The standard InChI is InChI=1S/C19H11ClF2N2O2/c20-13-3-6-15-16(10-24-17(15)8-13)18(25)12(9-23)7-11-1-4-14(5-2-11)26-19(21)22/h1-8,10,19,24H/b12-7+. The number of nitrogens with zero attached hydrogens (tertiary/aromatic N) is 1. The molecule has 3 aromatic rings. The van der Waals surface area contributed by atoms with Crippen LogP contribution in [-0.4, -0.2) is 17.4 Å². The van der Waals surface area contributed by atoms with Gasteiger partial charge in [0.05, 0.1) is 0 Å². The first-order valence-corrected chi connectivity index (χ1v) is 7.84. The van der Waals surface area contributed by atoms with E-state index in [1.807, 2.05) is 6.07 Å². The molecule has 0 aliphatic rings. The summed E-state index contributed by atoms with van der Waals surface area (Å²) in [6.45, 7) is -2.91. The second kappa shape index (κ2) is 7.38. The molecule has 0 saturated carbocycles. The van der Waals surface area contributed by atoms with E-state index in [1.165, 1.54) is 36.5 Å². The minimum absolute atomic E-state index is 0.00417. The van der Waals surface area contributed by atoms with Crippen molar-refractivity contribution in [2.24, 2.45) is 0 Å². The number of benzene rings is 2. The molecule has 0 bridgehead atoms. The molecule has 1 heterocycles. The lowest BCUT2D eigenvalue weighted by atomic mass is 10.0. The first-order chi connectivity index (χ1) is 12.5. The Balaban J connectivity index is 1.91. The van der Waals surface area contributed by atoms with Crippen molar-refractivity contribution < 1.29 is 18.3 Å². The molecule has 0 saturated heterocycles. The number of halogens is 3. The molecule has 3 rings (SSSR count). The number of hydrogen-bond acceptors (Lipinski definition) is 3. The van der Waals surface area contributed by atoms with Gasteiger partial charge in [-0.05, 0) is 35.9 Å². The molecular formula is C19H11ClF2N2O2. The number of aromatic nitrogens is 1. The van der Waals surface area contributed by atoms with E-state index in [0.29, 0.717) is 27.1 Å². The van der Waals surface area contributed by atoms with Crippen molar-refractivity contribution in [3.63, 3.8) is 0 Å². The molecule has 130 valence electrons. The van der Waals surface area contributed by atoms with E-state index in [0.717, 1.165) is 0 Å². The zero-order valence-corrected chi connectivity index (χ0v) is 13.9. The number of nitriles is 1. The number of rotatable bonds is 5. The van der Waals surface area contributed by atoms with E-state index < -0.39 is 12.4 Å². The van der Waals surface area contributed by atoms with Gasteiger partial charge in [-0.25, -0.2) is 0 Å². The van der Waals surface area contributed by atoms with Crippen LogP contribution in [-0.2, 0) is 0 Å². The average molecular weight is 373 g/mol. The van der Waals surface area contributed by atoms with E-state index in [1.54, 1.807) is 18.2 Å². The lowest BCUT2D eigenvalue weighted by Gasteiger charge is -2.04. The Hall–Kier alpha value is -3.17. The van der Waals surface area contributed by atoms with Crippen LogP contribution in [0.2, 0.25) is 5.02 Å². The number of fused-ring (bicyclic) bond motifs is 1. The van der Waals surface area contributed by atoms with Crippen molar-refractivity contribution in [3.05, 3.63) is 70.4 Å². The van der Waals surface area contributed by atoms with Crippen molar-refractivity contribution in [2.45, 2.75) is 6.61 Å². The van der Waals surface area contributed by atoms with Crippen molar-refractivity contribution in [1.29, 1.82) is 5.26 Å². The van der Waals surface area contributed by atoms with Crippen molar-refractivity contribution in [3.8, 4) is 11.8 Å². The maximum absolute atomic E-state index is 12.7. The summed E-state index contributed by atoms with van der Waals surface area (Å²) < 4.78 is 28.6. The van der Waals surface area contributed by atoms with Gasteiger partial charge >= 0.3 is 6.61 Å². The van der Waals surface area contributed by atoms with Crippen LogP contribution in [0.3, 0.4) is 0 Å². The van der Waals surface area contributed by atoms with Gasteiger partial charge in [-0.15, -0.1) is 0 Å². The Morgan fingerprint density at radius 3 is 2.62 bits per heavy atom. The lowest BCUT2D eigenvalue weighted by Crippen LogP contribution is -2.02. The third-order valence-electron chi connectivity index (χ3n) is 3.67. The lowest BCUT2D eigenvalue weighted by molar-refractivity contribution is -0.0498. The zero-order chi connectivity index (χ0) is 18.7. The molecule has 0 radical (unpaired) electrons. The number of allylic oxidation sites excluding steroid dienone is 1. The molecule has 0 unspecified atom stereocenters. The number of Topliss-reactive ketones (excluding diaryl/α,β-unsaturated/α-hetero) is 1. The molecule has 0 atom stereocenters. The third kappa shape index (κ3) is 3.73. The fraction of sp³-hybridized carbons (Fsp3) is 0.0526. The smallest absolute Gasteiger partial charge is 0.387 e. The van der Waals surface area contributed by atoms with Crippen molar-refractivity contribution in [2.75, 3.05) is 0 Å². The number of aromatic amines is 1. The number of ether oxygens (including phenoxy) is 1. The quantitative estimate of drug-likeness (QED) is 0.379. The second-order valence-corrected chi connectivity index (χ2v) is 5.78. The number of alkyl halides is 2. The molecule has 0 amide bonds. The zero-order valence-electron chi connectivity index (χ0n) is 13.2. The van der Waals surface area contributed by atoms with Crippen LogP contribution in [0, 0.1) is 11.3 Å². The van der Waals surface area contributed by atoms with E-state index in [2.05, 4.69) is 9.72 Å². The first kappa shape index (κ1) is 17.6. The molecule has 1 N–H and O–H groups in total. The predicted molar refractivity (Wildman–Crippen MR) is 94.3 cm³/mol. The first-order valence-electron chi connectivity index (χ1n) is 7.46. The van der Waals surface area contributed by atoms with Gasteiger partial charge in [-0.3, -0.25) is 4.79 Å². The molecule has 0 spiro atoms. The van der Waals surface area contributed by atoms with Crippen LogP contribution >= 0.6 is 11.6 Å². The third-order valence-corrected chi connectivity index (χ3v) is 3.90. The van der Waals surface area contributed by atoms with Crippen LogP contribution in [0.15, 0.2) is 54.2 Å². The number of H-pyrrole nitrogens is 1. The summed E-state index contributed by atoms with van der Waals surface area (Å²) in [5, 5.41) is 10.5. The van der Waals surface area contributed by atoms with Gasteiger partial charge in [-0.1, -0.05) is 29.8 Å². The maximum Gasteiger partial charge on any atom is 0.387 e. The maximum atomic E-state index is 12.7. The summed E-state index contributed by atoms with van der Waals surface area (Å²) >= 11 is 5.92. The largest absolute Gasteiger partial charge is 0.435 e. The summed E-state index contributed by atoms with van der Waals surface area (Å²) in [5.74, 6) is -0.454. The summed E-state index contributed by atoms with van der Waals surface area (Å²) in [4.78, 5) is 15.6. The van der Waals surface area contributed by atoms with Gasteiger partial charge in [0.25, 0.3) is 0 Å². The highest BCUT2D eigenvalue weighted by Crippen LogP contribution is 2.25. The van der Waals surface area contributed by atoms with E-state index in [-0.39, 0.29) is 11.3 Å². The van der Waals surface area contributed by atoms with Crippen molar-refractivity contribution in [1.82, 2.24) is 4.98 Å². The predicted octanol–water partition coefficient (Wildman–Crippen LogP) is 5.21. The molecule has 1 aromatic heterocycles. The molecule has 0 fully saturated rings. The van der Waals surface area contributed by atoms with Crippen LogP contribution in [0.1, 0.15) is 15.9 Å². The minimum Gasteiger partial charge on any atom is -0.435 e. The summed E-state index contributed by atoms with van der Waals surface area (Å²) in [6.07, 6.45) is 2.91. The summed E-state index contributed by atoms with van der Waals surface area (Å²) in [6, 6.07) is 12.6. The summed E-state index contributed by atoms with van der Waals surface area (Å²) in [5.41, 5.74) is 1.47. The number of nitrogens with one attached hydrogen (secondary N) is 1. The highest BCUT2D eigenvalue weighted by molar-refractivity contribution is 6.31. The Bertz CT molecular complexity index is 1030. The van der Waals surface area contributed by atoms with E-state index >= 15 is 0 Å². The Labute approximate surface area is 152 Å². The van der Waals surface area contributed by atoms with Crippen molar-refractivity contribution >= 4 is 34.4 Å². The van der Waals surface area contributed by atoms with Gasteiger partial charge in [0, 0.05) is 27.7 Å². The molecule has 0 aliphatic heterocycles. The second-order valence-electron chi connectivity index (χ2n) is 5.34. The SMILES string of the molecule is N#C/C(=C\c1ccc(OC(F)F)cc1)C(=O)c1c[nH]c2cc(Cl)ccc12. The molecule has 7 heteroatoms. The fourth-order valence-electron chi connectivity index (χ4n) is 2.49. The van der Waals surface area contributed by atoms with Crippen LogP contribution in [0.4, 0.5) is 8.78 Å². The van der Waals surface area contributed by atoms with Gasteiger partial charge in [0.1, 0.15) is 17.4 Å². The molecular weight excluding hydrogens is 362 g/mol. The van der Waals surface area contributed by atoms with Gasteiger partial charge in [-0.2, -0.15) is 14.0 Å². The number of carbonyl (C=O) groups excluding carboxylic acids is 1. The van der Waals surface area contributed by atoms with Gasteiger partial charge in [0.15, 0.2) is 0 Å². The normalized spacial score (nSPS) is 11.6. The number of ketones is 1. The fourth-order valence-corrected chi connectivity index (χ4v) is 2.66. The Morgan fingerprint density at radius 1 is 1.23 bits per heavy atom. The summed E-state index contributed by atoms with van der Waals surface area (Å²) in [7, 11) is 0. The highest BCUT2D eigenvalue weighted by atomic mass is 35.5. The molecule has 4 nitrogen and oxygen atoms in total. The topological polar surface area (TPSA) is 65.9 Å². The number of carbonyl (C=O) groups is 1. The Morgan fingerprint density at radius 2 is 1.96 bits per heavy atom. The van der Waals surface area contributed by atoms with E-state index in [9.17, 15) is 18.8 Å². The number of hydrogen-bond donors (Lipinski definition) is 1.